The molecule has 2 aliphatic rings. The van der Waals surface area contributed by atoms with Crippen molar-refractivity contribution in [3.8, 4) is 0 Å². The van der Waals surface area contributed by atoms with E-state index in [0.717, 1.165) is 11.3 Å². The molecule has 1 aromatic rings. The fraction of sp³-hybridized carbons (Fsp3) is 0.294. The third-order valence-electron chi connectivity index (χ3n) is 4.29. The molecule has 164 valence electrons. The van der Waals surface area contributed by atoms with Crippen molar-refractivity contribution >= 4 is 63.5 Å². The molecular weight excluding hydrogens is 450 g/mol. The Kier molecular flexibility index (Phi) is 6.60. The van der Waals surface area contributed by atoms with Gasteiger partial charge in [-0.1, -0.05) is 6.08 Å². The predicted molar refractivity (Wildman–Crippen MR) is 111 cm³/mol. The van der Waals surface area contributed by atoms with Crippen LogP contribution in [0.3, 0.4) is 0 Å². The summed E-state index contributed by atoms with van der Waals surface area (Å²) in [7, 11) is 0. The van der Waals surface area contributed by atoms with Gasteiger partial charge in [0.25, 0.3) is 17.7 Å². The number of thioether (sulfide) groups is 1. The zero-order valence-electron chi connectivity index (χ0n) is 15.7. The minimum atomic E-state index is -1.22. The Morgan fingerprint density at radius 3 is 2.65 bits per heavy atom. The molecule has 0 radical (unpaired) electrons. The van der Waals surface area contributed by atoms with Crippen molar-refractivity contribution in [1.29, 1.82) is 0 Å². The molecule has 3 amide bonds. The van der Waals surface area contributed by atoms with Gasteiger partial charge in [-0.15, -0.1) is 23.1 Å². The number of β-lactam (4-membered cyclic amide) rings is 1. The summed E-state index contributed by atoms with van der Waals surface area (Å²) in [6, 6.07) is -0.947. The van der Waals surface area contributed by atoms with Crippen LogP contribution in [0.5, 0.6) is 0 Å². The largest absolute Gasteiger partial charge is 0.481 e. The number of aliphatic carboxylic acids is 2. The average Bonchev–Trinajstić information content (AvgIpc) is 3.15. The third-order valence-corrected chi connectivity index (χ3v) is 6.15. The monoisotopic (exact) mass is 467 g/mol. The molecule has 0 aliphatic carbocycles. The maximum Gasteiger partial charge on any atom is 0.322 e. The van der Waals surface area contributed by atoms with Gasteiger partial charge < -0.3 is 26.6 Å². The second-order valence-electron chi connectivity index (χ2n) is 6.34. The fourth-order valence-corrected chi connectivity index (χ4v) is 4.69. The molecule has 12 nitrogen and oxygen atoms in total. The van der Waals surface area contributed by atoms with Crippen molar-refractivity contribution in [2.75, 3.05) is 18.0 Å². The van der Waals surface area contributed by atoms with Gasteiger partial charge in [0.05, 0.1) is 17.7 Å². The molecule has 14 heteroatoms. The predicted octanol–water partition coefficient (Wildman–Crippen LogP) is -0.932. The molecule has 2 aliphatic heterocycles. The molecule has 1 aromatic heterocycles. The zero-order valence-corrected chi connectivity index (χ0v) is 17.4. The highest BCUT2D eigenvalue weighted by atomic mass is 32.2. The molecule has 0 bridgehead atoms. The molecule has 3 heterocycles. The van der Waals surface area contributed by atoms with Crippen LogP contribution in [0, 0.1) is 0 Å². The number of carbonyl (C=O) groups excluding carboxylic acids is 3. The summed E-state index contributed by atoms with van der Waals surface area (Å²) in [5.74, 6) is -3.94. The number of nitrogens with two attached hydrogens (primary N) is 1. The number of fused-ring (bicyclic) bond motifs is 1. The molecule has 0 aromatic carbocycles. The quantitative estimate of drug-likeness (QED) is 0.236. The minimum Gasteiger partial charge on any atom is -0.481 e. The number of nitrogens with one attached hydrogen (secondary N) is 2. The van der Waals surface area contributed by atoms with Crippen molar-refractivity contribution < 1.29 is 34.2 Å². The Morgan fingerprint density at radius 1 is 1.29 bits per heavy atom. The Hall–Kier alpha value is -3.39. The van der Waals surface area contributed by atoms with Crippen LogP contribution in [0.2, 0.25) is 0 Å². The number of thiazole rings is 1. The maximum atomic E-state index is 12.8. The van der Waals surface area contributed by atoms with Gasteiger partial charge in [-0.25, -0.2) is 4.98 Å². The van der Waals surface area contributed by atoms with E-state index in [0.29, 0.717) is 5.75 Å². The number of amides is 3. The number of rotatable bonds is 8. The lowest BCUT2D eigenvalue weighted by Crippen LogP contribution is -2.70. The summed E-state index contributed by atoms with van der Waals surface area (Å²) in [6.45, 7) is -0.593. The first-order valence-corrected chi connectivity index (χ1v) is 10.7. The van der Waals surface area contributed by atoms with Crippen molar-refractivity contribution in [1.82, 2.24) is 20.5 Å². The van der Waals surface area contributed by atoms with Gasteiger partial charge in [0.2, 0.25) is 0 Å². The van der Waals surface area contributed by atoms with Crippen molar-refractivity contribution in [2.45, 2.75) is 17.8 Å². The Labute approximate surface area is 183 Å². The molecular formula is C17H17N5O7S2. The summed E-state index contributed by atoms with van der Waals surface area (Å²) in [5, 5.41) is 23.5. The average molecular weight is 467 g/mol. The fourth-order valence-electron chi connectivity index (χ4n) is 2.93. The van der Waals surface area contributed by atoms with Crippen LogP contribution in [0.15, 0.2) is 23.2 Å². The third kappa shape index (κ3) is 4.86. The van der Waals surface area contributed by atoms with Gasteiger partial charge in [0.1, 0.15) is 23.7 Å². The number of carboxylic acids is 2. The minimum absolute atomic E-state index is 0.0226. The first-order chi connectivity index (χ1) is 14.7. The smallest absolute Gasteiger partial charge is 0.322 e. The van der Waals surface area contributed by atoms with Crippen LogP contribution in [0.4, 0.5) is 5.13 Å². The molecule has 0 spiro atoms. The van der Waals surface area contributed by atoms with Crippen molar-refractivity contribution in [2.24, 2.45) is 0 Å². The Bertz CT molecular complexity index is 1020. The van der Waals surface area contributed by atoms with Crippen molar-refractivity contribution in [3.05, 3.63) is 28.9 Å². The number of nitrogen functional groups attached to an aromatic ring is 1. The number of nitrogens with zero attached hydrogens (tertiary/aromatic N) is 2. The van der Waals surface area contributed by atoms with Gasteiger partial charge in [-0.05, 0) is 6.08 Å². The molecule has 0 unspecified atom stereocenters. The Morgan fingerprint density at radius 2 is 2.03 bits per heavy atom. The van der Waals surface area contributed by atoms with E-state index < -0.39 is 54.0 Å². The van der Waals surface area contributed by atoms with Gasteiger partial charge in [0, 0.05) is 11.1 Å². The highest BCUT2D eigenvalue weighted by molar-refractivity contribution is 8.00. The second kappa shape index (κ2) is 9.18. The number of anilines is 1. The highest BCUT2D eigenvalue weighted by Crippen LogP contribution is 2.37. The second-order valence-corrected chi connectivity index (χ2v) is 8.38. The van der Waals surface area contributed by atoms with Gasteiger partial charge in [-0.3, -0.25) is 28.9 Å². The number of aromatic nitrogens is 1. The lowest BCUT2D eigenvalue weighted by molar-refractivity contribution is -0.147. The first kappa shape index (κ1) is 22.3. The number of carbonyl (C=O) groups is 5. The normalized spacial score (nSPS) is 20.3. The van der Waals surface area contributed by atoms with Crippen LogP contribution in [-0.2, 0) is 24.0 Å². The topological polar surface area (TPSA) is 192 Å². The van der Waals surface area contributed by atoms with Crippen LogP contribution in [0.25, 0.3) is 5.57 Å². The lowest BCUT2D eigenvalue weighted by atomic mass is 10.0. The van der Waals surface area contributed by atoms with E-state index in [1.165, 1.54) is 34.2 Å². The summed E-state index contributed by atoms with van der Waals surface area (Å²) >= 11 is 2.39. The number of hydrogen-bond acceptors (Lipinski definition) is 9. The van der Waals surface area contributed by atoms with Crippen molar-refractivity contribution in [3.63, 3.8) is 0 Å². The van der Waals surface area contributed by atoms with E-state index in [1.807, 2.05) is 0 Å². The summed E-state index contributed by atoms with van der Waals surface area (Å²) in [5.41, 5.74) is 5.78. The molecule has 2 atom stereocenters. The zero-order chi connectivity index (χ0) is 22.7. The van der Waals surface area contributed by atoms with E-state index in [4.69, 9.17) is 15.9 Å². The van der Waals surface area contributed by atoms with Crippen LogP contribution >= 0.6 is 23.1 Å². The molecule has 1 fully saturated rings. The highest BCUT2D eigenvalue weighted by Gasteiger charge is 2.52. The van der Waals surface area contributed by atoms with E-state index in [1.54, 1.807) is 0 Å². The number of hydrogen-bond donors (Lipinski definition) is 5. The molecule has 31 heavy (non-hydrogen) atoms. The van der Waals surface area contributed by atoms with Gasteiger partial charge in [-0.2, -0.15) is 0 Å². The van der Waals surface area contributed by atoms with Crippen LogP contribution in [-0.4, -0.2) is 73.5 Å². The standard InChI is InChI=1S/C17H17N5O7S2/c18-17-20-8(6-31-17)7(1-2-10(23)24)13(27)21-12-15(29)22-9(3-4-30-16(12)22)14(28)19-5-11(25)26/h1,3,6,12,16H,2,4-5H2,(H2,18,20)(H,19,28)(H,21,27)(H,23,24)(H,25,26)/b7-1-/t12-,16-/m1/s1. The van der Waals surface area contributed by atoms with Gasteiger partial charge >= 0.3 is 11.9 Å². The molecule has 1 saturated heterocycles. The lowest BCUT2D eigenvalue weighted by Gasteiger charge is -2.48. The number of carboxylic acid groups (broad SMARTS) is 2. The molecule has 6 N–H and O–H groups in total. The summed E-state index contributed by atoms with van der Waals surface area (Å²) in [4.78, 5) is 64.4. The summed E-state index contributed by atoms with van der Waals surface area (Å²) < 4.78 is 0. The van der Waals surface area contributed by atoms with E-state index in [9.17, 15) is 24.0 Å². The molecule has 0 saturated carbocycles. The van der Waals surface area contributed by atoms with Crippen LogP contribution in [0.1, 0.15) is 12.1 Å². The maximum absolute atomic E-state index is 12.8. The van der Waals surface area contributed by atoms with E-state index in [2.05, 4.69) is 15.6 Å². The van der Waals surface area contributed by atoms with Gasteiger partial charge in [0.15, 0.2) is 5.13 Å². The Balaban J connectivity index is 1.72. The molecule has 3 rings (SSSR count). The van der Waals surface area contributed by atoms with Crippen LogP contribution < -0.4 is 16.4 Å². The first-order valence-electron chi connectivity index (χ1n) is 8.78. The summed E-state index contributed by atoms with van der Waals surface area (Å²) in [6.07, 6.45) is 2.26. The van der Waals surface area contributed by atoms with E-state index in [-0.39, 0.29) is 22.1 Å². The van der Waals surface area contributed by atoms with E-state index >= 15 is 0 Å². The SMILES string of the molecule is Nc1nc(/C(=C/CC(=O)O)C(=O)N[C@@H]2C(=O)N3C(C(=O)NCC(=O)O)=CCS[C@H]23)cs1.